The molecule has 6 heteroatoms. The summed E-state index contributed by atoms with van der Waals surface area (Å²) in [6.07, 6.45) is 9.19. The molecule has 2 aromatic rings. The fourth-order valence-corrected chi connectivity index (χ4v) is 3.14. The summed E-state index contributed by atoms with van der Waals surface area (Å²) in [5.41, 5.74) is 5.12. The van der Waals surface area contributed by atoms with Gasteiger partial charge in [-0.05, 0) is 59.9 Å². The lowest BCUT2D eigenvalue weighted by Crippen LogP contribution is -2.20. The molecule has 1 N–H and O–H groups in total. The lowest BCUT2D eigenvalue weighted by atomic mass is 9.95. The molecule has 0 saturated heterocycles. The van der Waals surface area contributed by atoms with E-state index in [9.17, 15) is 9.59 Å². The van der Waals surface area contributed by atoms with E-state index in [1.165, 1.54) is 0 Å². The van der Waals surface area contributed by atoms with Crippen LogP contribution in [0.4, 0.5) is 5.69 Å². The molecule has 0 unspecified atom stereocenters. The van der Waals surface area contributed by atoms with Crippen molar-refractivity contribution in [2.75, 3.05) is 19.4 Å². The SMILES string of the molecule is C/C(C=O)=C/C(=C\N(C)C)c1cc2c(c(OCc3cccnc3)c1)NC(=O)CC2. The number of pyridine rings is 1. The van der Waals surface area contributed by atoms with Gasteiger partial charge < -0.3 is 15.0 Å². The van der Waals surface area contributed by atoms with Crippen LogP contribution in [0.25, 0.3) is 5.57 Å². The average Bonchev–Trinajstić information content (AvgIpc) is 2.71. The number of carbonyl (C=O) groups excluding carboxylic acids is 2. The Kier molecular flexibility index (Phi) is 6.44. The van der Waals surface area contributed by atoms with E-state index in [4.69, 9.17) is 4.74 Å². The van der Waals surface area contributed by atoms with Crippen LogP contribution in [0, 0.1) is 0 Å². The Hall–Kier alpha value is -3.41. The number of aryl methyl sites for hydroxylation is 1. The first-order valence-electron chi connectivity index (χ1n) is 9.47. The van der Waals surface area contributed by atoms with Crippen molar-refractivity contribution < 1.29 is 14.3 Å². The molecule has 2 heterocycles. The number of hydrogen-bond acceptors (Lipinski definition) is 5. The van der Waals surface area contributed by atoms with E-state index >= 15 is 0 Å². The first kappa shape index (κ1) is 20.3. The maximum atomic E-state index is 12.0. The van der Waals surface area contributed by atoms with Gasteiger partial charge in [-0.3, -0.25) is 14.6 Å². The Morgan fingerprint density at radius 1 is 1.31 bits per heavy atom. The third kappa shape index (κ3) is 5.31. The topological polar surface area (TPSA) is 71.5 Å². The second-order valence-electron chi connectivity index (χ2n) is 7.26. The van der Waals surface area contributed by atoms with Crippen molar-refractivity contribution >= 4 is 23.5 Å². The fourth-order valence-electron chi connectivity index (χ4n) is 3.14. The molecule has 1 aliphatic rings. The van der Waals surface area contributed by atoms with Crippen molar-refractivity contribution in [2.45, 2.75) is 26.4 Å². The summed E-state index contributed by atoms with van der Waals surface area (Å²) in [4.78, 5) is 29.2. The summed E-state index contributed by atoms with van der Waals surface area (Å²) in [5.74, 6) is 0.591. The second-order valence-corrected chi connectivity index (χ2v) is 7.26. The number of allylic oxidation sites excluding steroid dienone is 3. The molecule has 0 saturated carbocycles. The molecule has 0 radical (unpaired) electrons. The minimum Gasteiger partial charge on any atom is -0.487 e. The molecule has 1 aliphatic heterocycles. The lowest BCUT2D eigenvalue weighted by Gasteiger charge is -2.22. The Morgan fingerprint density at radius 3 is 2.83 bits per heavy atom. The van der Waals surface area contributed by atoms with Crippen molar-refractivity contribution in [1.29, 1.82) is 0 Å². The number of ether oxygens (including phenoxy) is 1. The highest BCUT2D eigenvalue weighted by atomic mass is 16.5. The van der Waals surface area contributed by atoms with E-state index in [-0.39, 0.29) is 5.91 Å². The summed E-state index contributed by atoms with van der Waals surface area (Å²) in [6.45, 7) is 2.12. The minimum absolute atomic E-state index is 0.0165. The number of hydrogen-bond donors (Lipinski definition) is 1. The zero-order chi connectivity index (χ0) is 20.8. The van der Waals surface area contributed by atoms with E-state index in [0.717, 1.165) is 28.5 Å². The van der Waals surface area contributed by atoms with Crippen LogP contribution in [0.2, 0.25) is 0 Å². The summed E-state index contributed by atoms with van der Waals surface area (Å²) in [6, 6.07) is 7.76. The highest BCUT2D eigenvalue weighted by Gasteiger charge is 2.21. The summed E-state index contributed by atoms with van der Waals surface area (Å²) in [5, 5.41) is 2.94. The average molecular weight is 391 g/mol. The first-order chi connectivity index (χ1) is 14.0. The monoisotopic (exact) mass is 391 g/mol. The van der Waals surface area contributed by atoms with Crippen LogP contribution in [0.15, 0.2) is 54.5 Å². The molecule has 0 aliphatic carbocycles. The number of rotatable bonds is 7. The number of aromatic nitrogens is 1. The van der Waals surface area contributed by atoms with Crippen LogP contribution in [0.1, 0.15) is 30.0 Å². The van der Waals surface area contributed by atoms with E-state index < -0.39 is 0 Å². The summed E-state index contributed by atoms with van der Waals surface area (Å²) >= 11 is 0. The molecule has 29 heavy (non-hydrogen) atoms. The molecule has 0 bridgehead atoms. The van der Waals surface area contributed by atoms with Gasteiger partial charge in [-0.2, -0.15) is 0 Å². The summed E-state index contributed by atoms with van der Waals surface area (Å²) in [7, 11) is 3.87. The fraction of sp³-hybridized carbons (Fsp3) is 0.261. The number of fused-ring (bicyclic) bond motifs is 1. The number of anilines is 1. The molecule has 0 atom stereocenters. The van der Waals surface area contributed by atoms with Gasteiger partial charge in [0.1, 0.15) is 18.6 Å². The van der Waals surface area contributed by atoms with Gasteiger partial charge in [-0.1, -0.05) is 6.07 Å². The maximum Gasteiger partial charge on any atom is 0.224 e. The third-order valence-electron chi connectivity index (χ3n) is 4.49. The van der Waals surface area contributed by atoms with Gasteiger partial charge >= 0.3 is 0 Å². The number of carbonyl (C=O) groups is 2. The Balaban J connectivity index is 2.03. The van der Waals surface area contributed by atoms with Gasteiger partial charge in [0.05, 0.1) is 5.69 Å². The number of nitrogens with zero attached hydrogens (tertiary/aromatic N) is 2. The van der Waals surface area contributed by atoms with Crippen molar-refractivity contribution in [1.82, 2.24) is 9.88 Å². The molecular formula is C23H25N3O3. The highest BCUT2D eigenvalue weighted by Crippen LogP contribution is 2.37. The normalized spacial score (nSPS) is 14.1. The Morgan fingerprint density at radius 2 is 2.14 bits per heavy atom. The van der Waals surface area contributed by atoms with Gasteiger partial charge in [-0.25, -0.2) is 0 Å². The zero-order valence-corrected chi connectivity index (χ0v) is 16.9. The molecular weight excluding hydrogens is 366 g/mol. The smallest absolute Gasteiger partial charge is 0.224 e. The number of nitrogens with one attached hydrogen (secondary N) is 1. The Labute approximate surface area is 170 Å². The largest absolute Gasteiger partial charge is 0.487 e. The molecule has 1 aromatic carbocycles. The van der Waals surface area contributed by atoms with Crippen LogP contribution >= 0.6 is 0 Å². The molecule has 0 fully saturated rings. The van der Waals surface area contributed by atoms with Crippen LogP contribution < -0.4 is 10.1 Å². The van der Waals surface area contributed by atoms with E-state index in [1.54, 1.807) is 19.3 Å². The van der Waals surface area contributed by atoms with Crippen LogP contribution in [0.3, 0.4) is 0 Å². The van der Waals surface area contributed by atoms with Gasteiger partial charge in [0.2, 0.25) is 5.91 Å². The van der Waals surface area contributed by atoms with Gasteiger partial charge in [0.15, 0.2) is 0 Å². The van der Waals surface area contributed by atoms with Gasteiger partial charge in [0, 0.05) is 44.7 Å². The van der Waals surface area contributed by atoms with Gasteiger partial charge in [-0.15, -0.1) is 0 Å². The highest BCUT2D eigenvalue weighted by molar-refractivity contribution is 5.96. The van der Waals surface area contributed by atoms with Crippen LogP contribution in [0.5, 0.6) is 5.75 Å². The third-order valence-corrected chi connectivity index (χ3v) is 4.49. The molecule has 3 rings (SSSR count). The quantitative estimate of drug-likeness (QED) is 0.444. The lowest BCUT2D eigenvalue weighted by molar-refractivity contribution is -0.116. The minimum atomic E-state index is -0.0165. The summed E-state index contributed by atoms with van der Waals surface area (Å²) < 4.78 is 6.08. The maximum absolute atomic E-state index is 12.0. The van der Waals surface area contributed by atoms with Crippen LogP contribution in [-0.4, -0.2) is 36.2 Å². The second kappa shape index (κ2) is 9.19. The van der Waals surface area contributed by atoms with E-state index in [0.29, 0.717) is 36.5 Å². The Bertz CT molecular complexity index is 963. The predicted octanol–water partition coefficient (Wildman–Crippen LogP) is 3.59. The van der Waals surface area contributed by atoms with Crippen molar-refractivity contribution in [2.24, 2.45) is 0 Å². The van der Waals surface area contributed by atoms with Crippen LogP contribution in [-0.2, 0) is 22.6 Å². The van der Waals surface area contributed by atoms with Crippen molar-refractivity contribution in [3.8, 4) is 5.75 Å². The molecule has 1 amide bonds. The standard InChI is InChI=1S/C23H25N3O3/c1-16(14-27)9-20(13-26(2)3)19-10-18-6-7-22(28)25-23(18)21(11-19)29-15-17-5-4-8-24-12-17/h4-5,8-14H,6-7,15H2,1-3H3,(H,25,28)/b16-9-,20-13+. The molecule has 1 aromatic heterocycles. The molecule has 6 nitrogen and oxygen atoms in total. The molecule has 0 spiro atoms. The zero-order valence-electron chi connectivity index (χ0n) is 16.9. The van der Waals surface area contributed by atoms with Gasteiger partial charge in [0.25, 0.3) is 0 Å². The first-order valence-corrected chi connectivity index (χ1v) is 9.47. The van der Waals surface area contributed by atoms with Crippen molar-refractivity contribution in [3.05, 3.63) is 71.2 Å². The van der Waals surface area contributed by atoms with E-state index in [2.05, 4.69) is 16.4 Å². The number of amides is 1. The predicted molar refractivity (Wildman–Crippen MR) is 113 cm³/mol. The number of aldehydes is 1. The van der Waals surface area contributed by atoms with Crippen molar-refractivity contribution in [3.63, 3.8) is 0 Å². The number of benzene rings is 1. The van der Waals surface area contributed by atoms with E-state index in [1.807, 2.05) is 49.5 Å². The molecule has 150 valence electrons.